The molecule has 0 saturated carbocycles. The molecule has 0 aliphatic rings. The highest BCUT2D eigenvalue weighted by Gasteiger charge is 2.17. The van der Waals surface area contributed by atoms with E-state index in [1.54, 1.807) is 0 Å². The number of nitrogens with zero attached hydrogens (tertiary/aromatic N) is 2. The summed E-state index contributed by atoms with van der Waals surface area (Å²) < 4.78 is 5.21. The Hall–Kier alpha value is -2.96. The predicted octanol–water partition coefficient (Wildman–Crippen LogP) is 2.51. The monoisotopic (exact) mass is 329 g/mol. The van der Waals surface area contributed by atoms with Crippen LogP contribution in [0.5, 0.6) is 5.75 Å². The van der Waals surface area contributed by atoms with E-state index in [1.165, 1.54) is 23.9 Å². The number of carbonyl (C=O) groups is 1. The van der Waals surface area contributed by atoms with Crippen molar-refractivity contribution in [3.8, 4) is 5.75 Å². The fourth-order valence-corrected chi connectivity index (χ4v) is 2.19. The van der Waals surface area contributed by atoms with Gasteiger partial charge in [-0.2, -0.15) is 0 Å². The van der Waals surface area contributed by atoms with Crippen molar-refractivity contribution in [2.24, 2.45) is 0 Å². The number of hydrogen-bond acceptors (Lipinski definition) is 5. The number of pyridine rings is 1. The lowest BCUT2D eigenvalue weighted by Crippen LogP contribution is -2.36. The summed E-state index contributed by atoms with van der Waals surface area (Å²) in [5.41, 5.74) is 1.21. The van der Waals surface area contributed by atoms with E-state index in [1.807, 2.05) is 37.3 Å². The molecule has 1 unspecified atom stereocenters. The quantitative estimate of drug-likeness (QED) is 0.593. The van der Waals surface area contributed by atoms with Crippen LogP contribution in [0, 0.1) is 10.1 Å². The molecule has 2 rings (SSSR count). The van der Waals surface area contributed by atoms with Crippen molar-refractivity contribution in [2.45, 2.75) is 25.8 Å². The Morgan fingerprint density at radius 3 is 2.75 bits per heavy atom. The summed E-state index contributed by atoms with van der Waals surface area (Å²) in [6, 6.07) is 12.9. The molecule has 1 atom stereocenters. The van der Waals surface area contributed by atoms with Gasteiger partial charge in [-0.25, -0.2) is 0 Å². The minimum atomic E-state index is -0.643. The highest BCUT2D eigenvalue weighted by atomic mass is 16.6. The molecule has 0 radical (unpaired) electrons. The normalized spacial score (nSPS) is 11.5. The van der Waals surface area contributed by atoms with Crippen LogP contribution in [0.4, 0.5) is 5.82 Å². The van der Waals surface area contributed by atoms with Gasteiger partial charge in [0.15, 0.2) is 6.61 Å². The molecule has 0 spiro atoms. The van der Waals surface area contributed by atoms with Crippen molar-refractivity contribution in [3.63, 3.8) is 0 Å². The third-order valence-corrected chi connectivity index (χ3v) is 3.40. The van der Waals surface area contributed by atoms with E-state index in [-0.39, 0.29) is 24.3 Å². The van der Waals surface area contributed by atoms with Crippen molar-refractivity contribution in [3.05, 3.63) is 64.3 Å². The lowest BCUT2D eigenvalue weighted by Gasteiger charge is -2.14. The van der Waals surface area contributed by atoms with E-state index in [4.69, 9.17) is 4.74 Å². The van der Waals surface area contributed by atoms with Crippen molar-refractivity contribution in [1.82, 2.24) is 10.3 Å². The summed E-state index contributed by atoms with van der Waals surface area (Å²) in [6.07, 6.45) is 2.96. The zero-order chi connectivity index (χ0) is 17.4. The highest BCUT2D eigenvalue weighted by molar-refractivity contribution is 5.77. The number of hydrogen-bond donors (Lipinski definition) is 1. The number of nitro groups is 1. The zero-order valence-electron chi connectivity index (χ0n) is 13.3. The highest BCUT2D eigenvalue weighted by Crippen LogP contribution is 2.22. The van der Waals surface area contributed by atoms with Crippen LogP contribution in [0.25, 0.3) is 0 Å². The van der Waals surface area contributed by atoms with Crippen LogP contribution < -0.4 is 10.1 Å². The largest absolute Gasteiger partial charge is 0.476 e. The first-order valence-corrected chi connectivity index (χ1v) is 7.61. The molecule has 0 bridgehead atoms. The Morgan fingerprint density at radius 2 is 2.04 bits per heavy atom. The van der Waals surface area contributed by atoms with Crippen LogP contribution in [0.2, 0.25) is 0 Å². The Kier molecular flexibility index (Phi) is 6.24. The smallest absolute Gasteiger partial charge is 0.406 e. The number of ether oxygens (including phenoxy) is 1. The van der Waals surface area contributed by atoms with Gasteiger partial charge < -0.3 is 20.2 Å². The van der Waals surface area contributed by atoms with Crippen LogP contribution in [0.1, 0.15) is 18.9 Å². The van der Waals surface area contributed by atoms with Gasteiger partial charge in [-0.15, -0.1) is 0 Å². The van der Waals surface area contributed by atoms with Crippen molar-refractivity contribution in [1.29, 1.82) is 0 Å². The maximum absolute atomic E-state index is 11.9. The van der Waals surface area contributed by atoms with Gasteiger partial charge in [-0.05, 0) is 47.4 Å². The Labute approximate surface area is 139 Å². The van der Waals surface area contributed by atoms with Gasteiger partial charge in [0.2, 0.25) is 5.75 Å². The molecule has 24 heavy (non-hydrogen) atoms. The molecule has 0 aliphatic carbocycles. The Balaban J connectivity index is 1.78. The molecule has 1 amide bonds. The maximum atomic E-state index is 11.9. The first-order valence-electron chi connectivity index (χ1n) is 7.61. The van der Waals surface area contributed by atoms with Gasteiger partial charge in [-0.3, -0.25) is 4.79 Å². The van der Waals surface area contributed by atoms with Crippen LogP contribution in [-0.2, 0) is 11.2 Å². The molecule has 2 aromatic rings. The van der Waals surface area contributed by atoms with E-state index in [9.17, 15) is 14.9 Å². The topological polar surface area (TPSA) is 94.4 Å². The van der Waals surface area contributed by atoms with Crippen LogP contribution >= 0.6 is 0 Å². The number of aromatic nitrogens is 1. The second kappa shape index (κ2) is 8.61. The SMILES string of the molecule is CC(CCc1ccccc1)NC(=O)COc1cccnc1[N+](=O)[O-]. The summed E-state index contributed by atoms with van der Waals surface area (Å²) in [6.45, 7) is 1.62. The third kappa shape index (κ3) is 5.35. The summed E-state index contributed by atoms with van der Waals surface area (Å²) >= 11 is 0. The van der Waals surface area contributed by atoms with Crippen molar-refractivity contribution in [2.75, 3.05) is 6.61 Å². The average molecular weight is 329 g/mol. The number of amides is 1. The molecule has 1 N–H and O–H groups in total. The lowest BCUT2D eigenvalue weighted by molar-refractivity contribution is -0.390. The number of carbonyl (C=O) groups excluding carboxylic acids is 1. The van der Waals surface area contributed by atoms with Gasteiger partial charge in [-0.1, -0.05) is 30.3 Å². The molecule has 1 heterocycles. The fourth-order valence-electron chi connectivity index (χ4n) is 2.19. The van der Waals surface area contributed by atoms with E-state index in [0.29, 0.717) is 0 Å². The Bertz CT molecular complexity index is 691. The maximum Gasteiger partial charge on any atom is 0.406 e. The number of aryl methyl sites for hydroxylation is 1. The zero-order valence-corrected chi connectivity index (χ0v) is 13.3. The standard InChI is InChI=1S/C17H19N3O4/c1-13(9-10-14-6-3-2-4-7-14)19-16(21)12-24-15-8-5-11-18-17(15)20(22)23/h2-8,11,13H,9-10,12H2,1H3,(H,19,21). The van der Waals surface area contributed by atoms with Crippen molar-refractivity contribution >= 4 is 11.7 Å². The molecule has 1 aromatic carbocycles. The van der Waals surface area contributed by atoms with Gasteiger partial charge in [0.25, 0.3) is 5.91 Å². The summed E-state index contributed by atoms with van der Waals surface area (Å²) in [5, 5.41) is 13.6. The lowest BCUT2D eigenvalue weighted by atomic mass is 10.1. The summed E-state index contributed by atoms with van der Waals surface area (Å²) in [5.74, 6) is -0.745. The number of rotatable bonds is 8. The summed E-state index contributed by atoms with van der Waals surface area (Å²) in [7, 11) is 0. The predicted molar refractivity (Wildman–Crippen MR) is 88.8 cm³/mol. The molecular weight excluding hydrogens is 310 g/mol. The molecule has 126 valence electrons. The minimum Gasteiger partial charge on any atom is -0.476 e. The minimum absolute atomic E-state index is 0.0189. The van der Waals surface area contributed by atoms with Crippen molar-refractivity contribution < 1.29 is 14.5 Å². The van der Waals surface area contributed by atoms with Crippen LogP contribution in [0.3, 0.4) is 0 Å². The molecule has 7 nitrogen and oxygen atoms in total. The summed E-state index contributed by atoms with van der Waals surface area (Å²) in [4.78, 5) is 25.7. The van der Waals surface area contributed by atoms with E-state index < -0.39 is 10.7 Å². The second-order valence-electron chi connectivity index (χ2n) is 5.36. The van der Waals surface area contributed by atoms with E-state index >= 15 is 0 Å². The first-order chi connectivity index (χ1) is 11.6. The molecule has 7 heteroatoms. The van der Waals surface area contributed by atoms with Gasteiger partial charge in [0.05, 0.1) is 0 Å². The Morgan fingerprint density at radius 1 is 1.29 bits per heavy atom. The van der Waals surface area contributed by atoms with Crippen LogP contribution in [-0.4, -0.2) is 28.5 Å². The third-order valence-electron chi connectivity index (χ3n) is 3.40. The van der Waals surface area contributed by atoms with Crippen LogP contribution in [0.15, 0.2) is 48.7 Å². The average Bonchev–Trinajstić information content (AvgIpc) is 2.59. The van der Waals surface area contributed by atoms with E-state index in [0.717, 1.165) is 12.8 Å². The molecule has 0 saturated heterocycles. The first kappa shape index (κ1) is 17.4. The number of nitrogens with one attached hydrogen (secondary N) is 1. The number of benzene rings is 1. The van der Waals surface area contributed by atoms with E-state index in [2.05, 4.69) is 10.3 Å². The molecular formula is C17H19N3O4. The fraction of sp³-hybridized carbons (Fsp3) is 0.294. The molecule has 0 aliphatic heterocycles. The van der Waals surface area contributed by atoms with Gasteiger partial charge in [0, 0.05) is 6.04 Å². The molecule has 1 aromatic heterocycles. The molecule has 0 fully saturated rings. The second-order valence-corrected chi connectivity index (χ2v) is 5.36. The van der Waals surface area contributed by atoms with Gasteiger partial charge >= 0.3 is 5.82 Å². The van der Waals surface area contributed by atoms with Gasteiger partial charge in [0.1, 0.15) is 6.20 Å².